The summed E-state index contributed by atoms with van der Waals surface area (Å²) in [5.41, 5.74) is 0.596. The first kappa shape index (κ1) is 20.9. The molecule has 1 fully saturated rings. The minimum absolute atomic E-state index is 0.159. The lowest BCUT2D eigenvalue weighted by Gasteiger charge is -2.49. The molecule has 138 valence electrons. The topological polar surface area (TPSA) is 44.3 Å². The summed E-state index contributed by atoms with van der Waals surface area (Å²) in [7, 11) is 0. The SMILES string of the molecule is CCCCC1(C)CC(NCC(O)CC(C)(C)CC)CC(C)(C)N1. The summed E-state index contributed by atoms with van der Waals surface area (Å²) in [4.78, 5) is 0. The fourth-order valence-corrected chi connectivity index (χ4v) is 4.18. The van der Waals surface area contributed by atoms with E-state index in [4.69, 9.17) is 0 Å². The van der Waals surface area contributed by atoms with E-state index in [-0.39, 0.29) is 22.6 Å². The molecule has 3 N–H and O–H groups in total. The van der Waals surface area contributed by atoms with Gasteiger partial charge in [0.15, 0.2) is 0 Å². The van der Waals surface area contributed by atoms with Crippen LogP contribution >= 0.6 is 0 Å². The van der Waals surface area contributed by atoms with E-state index in [1.165, 1.54) is 19.3 Å². The van der Waals surface area contributed by atoms with Crippen LogP contribution in [0.15, 0.2) is 0 Å². The zero-order chi connectivity index (χ0) is 17.7. The van der Waals surface area contributed by atoms with Crippen molar-refractivity contribution in [2.24, 2.45) is 5.41 Å². The van der Waals surface area contributed by atoms with Gasteiger partial charge in [0.05, 0.1) is 6.10 Å². The second-order valence-electron chi connectivity index (χ2n) is 9.56. The van der Waals surface area contributed by atoms with Gasteiger partial charge >= 0.3 is 0 Å². The molecule has 1 heterocycles. The first-order valence-electron chi connectivity index (χ1n) is 9.72. The Kier molecular flexibility index (Phi) is 7.56. The average Bonchev–Trinajstić information content (AvgIpc) is 2.40. The Morgan fingerprint density at radius 2 is 1.87 bits per heavy atom. The first-order valence-corrected chi connectivity index (χ1v) is 9.72. The summed E-state index contributed by atoms with van der Waals surface area (Å²) in [6.07, 6.45) is 7.78. The Hall–Kier alpha value is -0.120. The van der Waals surface area contributed by atoms with Crippen LogP contribution in [0, 0.1) is 5.41 Å². The van der Waals surface area contributed by atoms with Gasteiger partial charge in [-0.2, -0.15) is 0 Å². The molecular weight excluding hydrogens is 284 g/mol. The van der Waals surface area contributed by atoms with Crippen LogP contribution in [0.1, 0.15) is 93.4 Å². The highest BCUT2D eigenvalue weighted by Crippen LogP contribution is 2.32. The first-order chi connectivity index (χ1) is 10.5. The Balaban J connectivity index is 2.55. The number of piperidine rings is 1. The molecule has 23 heavy (non-hydrogen) atoms. The predicted molar refractivity (Wildman–Crippen MR) is 101 cm³/mol. The summed E-state index contributed by atoms with van der Waals surface area (Å²) in [6.45, 7) is 16.6. The monoisotopic (exact) mass is 326 g/mol. The number of rotatable bonds is 9. The third-order valence-corrected chi connectivity index (χ3v) is 5.56. The average molecular weight is 327 g/mol. The van der Waals surface area contributed by atoms with Crippen LogP contribution in [0.4, 0.5) is 0 Å². The third kappa shape index (κ3) is 7.53. The van der Waals surface area contributed by atoms with E-state index in [0.717, 1.165) is 25.7 Å². The molecule has 1 saturated heterocycles. The molecule has 0 saturated carbocycles. The molecule has 3 heteroatoms. The highest BCUT2D eigenvalue weighted by atomic mass is 16.3. The number of hydrogen-bond acceptors (Lipinski definition) is 3. The molecule has 0 aromatic rings. The molecule has 1 rings (SSSR count). The lowest BCUT2D eigenvalue weighted by Crippen LogP contribution is -2.63. The van der Waals surface area contributed by atoms with E-state index < -0.39 is 0 Å². The summed E-state index contributed by atoms with van der Waals surface area (Å²) in [6, 6.07) is 0.493. The molecule has 0 spiro atoms. The number of aliphatic hydroxyl groups is 1. The van der Waals surface area contributed by atoms with Crippen molar-refractivity contribution in [3.63, 3.8) is 0 Å². The zero-order valence-corrected chi connectivity index (χ0v) is 16.8. The maximum atomic E-state index is 10.4. The van der Waals surface area contributed by atoms with Crippen molar-refractivity contribution in [2.75, 3.05) is 6.54 Å². The van der Waals surface area contributed by atoms with Gasteiger partial charge in [-0.3, -0.25) is 0 Å². The van der Waals surface area contributed by atoms with E-state index >= 15 is 0 Å². The number of nitrogens with one attached hydrogen (secondary N) is 2. The van der Waals surface area contributed by atoms with Crippen LogP contribution in [0.3, 0.4) is 0 Å². The lowest BCUT2D eigenvalue weighted by molar-refractivity contribution is 0.0868. The molecule has 1 aliphatic rings. The second kappa shape index (κ2) is 8.31. The molecule has 0 radical (unpaired) electrons. The zero-order valence-electron chi connectivity index (χ0n) is 16.8. The molecule has 3 unspecified atom stereocenters. The number of aliphatic hydroxyl groups excluding tert-OH is 1. The quantitative estimate of drug-likeness (QED) is 0.594. The maximum absolute atomic E-state index is 10.4. The van der Waals surface area contributed by atoms with E-state index in [9.17, 15) is 5.11 Å². The van der Waals surface area contributed by atoms with E-state index in [1.807, 2.05) is 0 Å². The highest BCUT2D eigenvalue weighted by Gasteiger charge is 2.39. The van der Waals surface area contributed by atoms with Crippen LogP contribution in [-0.2, 0) is 0 Å². The van der Waals surface area contributed by atoms with Gasteiger partial charge in [-0.15, -0.1) is 0 Å². The fraction of sp³-hybridized carbons (Fsp3) is 1.00. The Morgan fingerprint density at radius 3 is 2.43 bits per heavy atom. The van der Waals surface area contributed by atoms with E-state index in [2.05, 4.69) is 59.1 Å². The lowest BCUT2D eigenvalue weighted by atomic mass is 9.76. The van der Waals surface area contributed by atoms with Crippen LogP contribution in [0.2, 0.25) is 0 Å². The molecule has 0 bridgehead atoms. The van der Waals surface area contributed by atoms with Gasteiger partial charge in [0.25, 0.3) is 0 Å². The van der Waals surface area contributed by atoms with E-state index in [0.29, 0.717) is 12.6 Å². The van der Waals surface area contributed by atoms with Gasteiger partial charge in [0.1, 0.15) is 0 Å². The van der Waals surface area contributed by atoms with Crippen LogP contribution < -0.4 is 10.6 Å². The molecule has 0 aliphatic carbocycles. The van der Waals surface area contributed by atoms with Gasteiger partial charge in [0, 0.05) is 23.7 Å². The van der Waals surface area contributed by atoms with Gasteiger partial charge in [-0.1, -0.05) is 47.0 Å². The predicted octanol–water partition coefficient (Wildman–Crippen LogP) is 4.24. The second-order valence-corrected chi connectivity index (χ2v) is 9.56. The van der Waals surface area contributed by atoms with Crippen molar-refractivity contribution in [1.29, 1.82) is 0 Å². The largest absolute Gasteiger partial charge is 0.392 e. The molecule has 0 aromatic heterocycles. The summed E-state index contributed by atoms with van der Waals surface area (Å²) >= 11 is 0. The number of hydrogen-bond donors (Lipinski definition) is 3. The minimum atomic E-state index is -0.246. The van der Waals surface area contributed by atoms with Gasteiger partial charge in [-0.25, -0.2) is 0 Å². The van der Waals surface area contributed by atoms with Crippen molar-refractivity contribution < 1.29 is 5.11 Å². The molecular formula is C20H42N2O. The van der Waals surface area contributed by atoms with Crippen molar-refractivity contribution in [1.82, 2.24) is 10.6 Å². The van der Waals surface area contributed by atoms with Crippen LogP contribution in [0.5, 0.6) is 0 Å². The van der Waals surface area contributed by atoms with Gasteiger partial charge in [0.2, 0.25) is 0 Å². The van der Waals surface area contributed by atoms with Crippen molar-refractivity contribution in [3.8, 4) is 0 Å². The summed E-state index contributed by atoms with van der Waals surface area (Å²) < 4.78 is 0. The molecule has 3 nitrogen and oxygen atoms in total. The smallest absolute Gasteiger partial charge is 0.0669 e. The fourth-order valence-electron chi connectivity index (χ4n) is 4.18. The van der Waals surface area contributed by atoms with Crippen LogP contribution in [-0.4, -0.2) is 34.9 Å². The van der Waals surface area contributed by atoms with Gasteiger partial charge in [-0.05, 0) is 51.9 Å². The Morgan fingerprint density at radius 1 is 1.22 bits per heavy atom. The summed E-state index contributed by atoms with van der Waals surface area (Å²) in [5, 5.41) is 17.9. The Bertz CT molecular complexity index is 354. The maximum Gasteiger partial charge on any atom is 0.0669 e. The minimum Gasteiger partial charge on any atom is -0.392 e. The van der Waals surface area contributed by atoms with Crippen molar-refractivity contribution in [3.05, 3.63) is 0 Å². The van der Waals surface area contributed by atoms with E-state index in [1.54, 1.807) is 0 Å². The highest BCUT2D eigenvalue weighted by molar-refractivity contribution is 5.01. The molecule has 3 atom stereocenters. The standard InChI is InChI=1S/C20H42N2O/c1-8-10-11-20(7)13-16(12-19(5,6)22-20)21-15-17(23)14-18(3,4)9-2/h16-17,21-23H,8-15H2,1-7H3. The third-order valence-electron chi connectivity index (χ3n) is 5.56. The van der Waals surface area contributed by atoms with Crippen LogP contribution in [0.25, 0.3) is 0 Å². The summed E-state index contributed by atoms with van der Waals surface area (Å²) in [5.74, 6) is 0. The van der Waals surface area contributed by atoms with Crippen molar-refractivity contribution >= 4 is 0 Å². The number of unbranched alkanes of at least 4 members (excludes halogenated alkanes) is 1. The molecule has 0 aromatic carbocycles. The Labute approximate surface area is 145 Å². The van der Waals surface area contributed by atoms with Crippen molar-refractivity contribution in [2.45, 2.75) is 117 Å². The normalized spacial score (nSPS) is 29.5. The van der Waals surface area contributed by atoms with Gasteiger partial charge < -0.3 is 15.7 Å². The molecule has 1 aliphatic heterocycles. The molecule has 0 amide bonds.